The number of hydrogen-bond acceptors (Lipinski definition) is 3. The molecule has 5 rings (SSSR count). The van der Waals surface area contributed by atoms with Gasteiger partial charge in [0.1, 0.15) is 0 Å². The quantitative estimate of drug-likeness (QED) is 0.874. The molecule has 3 aliphatic rings. The summed E-state index contributed by atoms with van der Waals surface area (Å²) in [6.07, 6.45) is 6.00. The molecule has 2 aromatic carbocycles. The first kappa shape index (κ1) is 18.4. The Morgan fingerprint density at radius 1 is 0.931 bits per heavy atom. The highest BCUT2D eigenvalue weighted by Crippen LogP contribution is 2.32. The van der Waals surface area contributed by atoms with Crippen molar-refractivity contribution in [2.75, 3.05) is 19.6 Å². The molecule has 1 unspecified atom stereocenters. The number of primary amides is 1. The minimum absolute atomic E-state index is 0.183. The van der Waals surface area contributed by atoms with Gasteiger partial charge in [0.05, 0.1) is 0 Å². The van der Waals surface area contributed by atoms with Crippen molar-refractivity contribution in [2.45, 2.75) is 44.2 Å². The van der Waals surface area contributed by atoms with Crippen LogP contribution in [0.15, 0.2) is 42.5 Å². The van der Waals surface area contributed by atoms with E-state index in [1.807, 2.05) is 24.3 Å². The van der Waals surface area contributed by atoms with Gasteiger partial charge in [-0.1, -0.05) is 30.7 Å². The van der Waals surface area contributed by atoms with Crippen LogP contribution in [-0.4, -0.2) is 53.3 Å². The highest BCUT2D eigenvalue weighted by molar-refractivity contribution is 5.98. The number of likely N-dealkylation sites (tertiary alicyclic amines) is 1. The molecule has 0 radical (unpaired) electrons. The van der Waals surface area contributed by atoms with E-state index in [-0.39, 0.29) is 5.91 Å². The van der Waals surface area contributed by atoms with Crippen molar-refractivity contribution in [1.82, 2.24) is 9.80 Å². The van der Waals surface area contributed by atoms with Crippen LogP contribution in [0.3, 0.4) is 0 Å². The number of nitrogens with two attached hydrogens (primary N) is 1. The molecule has 2 N–H and O–H groups in total. The van der Waals surface area contributed by atoms with Crippen molar-refractivity contribution in [2.24, 2.45) is 5.73 Å². The van der Waals surface area contributed by atoms with Crippen LogP contribution in [0.1, 0.15) is 52.0 Å². The Kier molecular flexibility index (Phi) is 4.63. The summed E-state index contributed by atoms with van der Waals surface area (Å²) in [6.45, 7) is 2.97. The van der Waals surface area contributed by atoms with E-state index in [2.05, 4.69) is 15.9 Å². The predicted octanol–water partition coefficient (Wildman–Crippen LogP) is 3.08. The Morgan fingerprint density at radius 2 is 1.69 bits per heavy atom. The Morgan fingerprint density at radius 3 is 2.38 bits per heavy atom. The molecule has 2 amide bonds. The van der Waals surface area contributed by atoms with Gasteiger partial charge in [-0.15, -0.1) is 0 Å². The van der Waals surface area contributed by atoms with Gasteiger partial charge >= 0.3 is 0 Å². The number of benzene rings is 2. The average Bonchev–Trinajstić information content (AvgIpc) is 3.16. The molecule has 0 aromatic heterocycles. The Bertz CT molecular complexity index is 949. The van der Waals surface area contributed by atoms with E-state index in [4.69, 9.17) is 5.73 Å². The highest BCUT2D eigenvalue weighted by Gasteiger charge is 2.37. The predicted molar refractivity (Wildman–Crippen MR) is 113 cm³/mol. The van der Waals surface area contributed by atoms with Crippen LogP contribution in [0.5, 0.6) is 0 Å². The fourth-order valence-corrected chi connectivity index (χ4v) is 4.97. The summed E-state index contributed by atoms with van der Waals surface area (Å²) in [4.78, 5) is 29.2. The SMILES string of the molecule is NC(=O)c1ccc(-c2ccc3c(c2)CCN(C2CCN(C4CCC4)C2)C3=O)cc1. The van der Waals surface area contributed by atoms with E-state index in [0.717, 1.165) is 60.8 Å². The minimum Gasteiger partial charge on any atom is -0.366 e. The largest absolute Gasteiger partial charge is 0.366 e. The van der Waals surface area contributed by atoms with E-state index in [1.54, 1.807) is 12.1 Å². The molecular weight excluding hydrogens is 362 g/mol. The molecule has 2 fully saturated rings. The number of rotatable bonds is 4. The third-order valence-corrected chi connectivity index (χ3v) is 6.95. The second-order valence-electron chi connectivity index (χ2n) is 8.58. The number of nitrogens with zero attached hydrogens (tertiary/aromatic N) is 2. The summed E-state index contributed by atoms with van der Waals surface area (Å²) in [5, 5.41) is 0. The smallest absolute Gasteiger partial charge is 0.254 e. The Balaban J connectivity index is 1.33. The van der Waals surface area contributed by atoms with Crippen molar-refractivity contribution < 1.29 is 9.59 Å². The van der Waals surface area contributed by atoms with Crippen LogP contribution < -0.4 is 5.73 Å². The van der Waals surface area contributed by atoms with Gasteiger partial charge in [-0.25, -0.2) is 0 Å². The van der Waals surface area contributed by atoms with Gasteiger partial charge in [-0.05, 0) is 60.6 Å². The molecule has 2 heterocycles. The summed E-state index contributed by atoms with van der Waals surface area (Å²) in [5.41, 5.74) is 9.89. The molecule has 2 aliphatic heterocycles. The van der Waals surface area contributed by atoms with Crippen LogP contribution in [0.25, 0.3) is 11.1 Å². The normalized spacial score (nSPS) is 22.4. The van der Waals surface area contributed by atoms with Crippen LogP contribution in [0, 0.1) is 0 Å². The zero-order valence-corrected chi connectivity index (χ0v) is 16.6. The number of amides is 2. The Labute approximate surface area is 171 Å². The van der Waals surface area contributed by atoms with Crippen LogP contribution in [-0.2, 0) is 6.42 Å². The van der Waals surface area contributed by atoms with Gasteiger partial charge in [-0.3, -0.25) is 14.5 Å². The van der Waals surface area contributed by atoms with E-state index >= 15 is 0 Å². The number of carbonyl (C=O) groups excluding carboxylic acids is 2. The van der Waals surface area contributed by atoms with E-state index in [1.165, 1.54) is 19.3 Å². The maximum absolute atomic E-state index is 13.2. The summed E-state index contributed by atoms with van der Waals surface area (Å²) in [5.74, 6) is -0.238. The van der Waals surface area contributed by atoms with Crippen LogP contribution in [0.4, 0.5) is 0 Å². The van der Waals surface area contributed by atoms with Crippen molar-refractivity contribution >= 4 is 11.8 Å². The van der Waals surface area contributed by atoms with Crippen molar-refractivity contribution in [3.8, 4) is 11.1 Å². The van der Waals surface area contributed by atoms with Crippen molar-refractivity contribution in [3.05, 3.63) is 59.2 Å². The van der Waals surface area contributed by atoms with Gasteiger partial charge < -0.3 is 10.6 Å². The zero-order valence-electron chi connectivity index (χ0n) is 16.6. The third-order valence-electron chi connectivity index (χ3n) is 6.95. The van der Waals surface area contributed by atoms with Crippen LogP contribution >= 0.6 is 0 Å². The second kappa shape index (κ2) is 7.30. The van der Waals surface area contributed by atoms with Crippen LogP contribution in [0.2, 0.25) is 0 Å². The first-order valence-electron chi connectivity index (χ1n) is 10.7. The monoisotopic (exact) mass is 389 g/mol. The van der Waals surface area contributed by atoms with E-state index in [0.29, 0.717) is 11.6 Å². The van der Waals surface area contributed by atoms with Crippen molar-refractivity contribution in [1.29, 1.82) is 0 Å². The summed E-state index contributed by atoms with van der Waals surface area (Å²) >= 11 is 0. The lowest BCUT2D eigenvalue weighted by Gasteiger charge is -2.37. The molecule has 1 aliphatic carbocycles. The molecule has 5 heteroatoms. The molecule has 29 heavy (non-hydrogen) atoms. The molecule has 150 valence electrons. The molecule has 5 nitrogen and oxygen atoms in total. The first-order valence-corrected chi connectivity index (χ1v) is 10.7. The first-order chi connectivity index (χ1) is 14.1. The van der Waals surface area contributed by atoms with Gasteiger partial charge in [0.2, 0.25) is 5.91 Å². The molecule has 2 aromatic rings. The lowest BCUT2D eigenvalue weighted by molar-refractivity contribution is 0.0646. The average molecular weight is 389 g/mol. The maximum atomic E-state index is 13.2. The topological polar surface area (TPSA) is 66.6 Å². The summed E-state index contributed by atoms with van der Waals surface area (Å²) in [7, 11) is 0. The molecule has 1 saturated heterocycles. The zero-order chi connectivity index (χ0) is 20.0. The Hall–Kier alpha value is -2.66. The van der Waals surface area contributed by atoms with E-state index < -0.39 is 5.91 Å². The standard InChI is InChI=1S/C24H27N3O2/c25-23(28)17-6-4-16(5-7-17)18-8-9-22-19(14-18)10-13-27(24(22)29)21-11-12-26(15-21)20-2-1-3-20/h4-9,14,20-21H,1-3,10-13,15H2,(H2,25,28). The molecule has 0 spiro atoms. The van der Waals surface area contributed by atoms with Crippen molar-refractivity contribution in [3.63, 3.8) is 0 Å². The third kappa shape index (κ3) is 3.33. The summed E-state index contributed by atoms with van der Waals surface area (Å²) in [6, 6.07) is 14.5. The number of carbonyl (C=O) groups is 2. The number of fused-ring (bicyclic) bond motifs is 1. The molecule has 1 atom stereocenters. The maximum Gasteiger partial charge on any atom is 0.254 e. The van der Waals surface area contributed by atoms with Gasteiger partial charge in [0, 0.05) is 42.8 Å². The summed E-state index contributed by atoms with van der Waals surface area (Å²) < 4.78 is 0. The van der Waals surface area contributed by atoms with Gasteiger partial charge in [0.25, 0.3) is 5.91 Å². The molecule has 0 bridgehead atoms. The second-order valence-corrected chi connectivity index (χ2v) is 8.58. The minimum atomic E-state index is -0.421. The molecular formula is C24H27N3O2. The van der Waals surface area contributed by atoms with Gasteiger partial charge in [-0.2, -0.15) is 0 Å². The van der Waals surface area contributed by atoms with E-state index in [9.17, 15) is 9.59 Å². The lowest BCUT2D eigenvalue weighted by atomic mass is 9.92. The lowest BCUT2D eigenvalue weighted by Crippen LogP contribution is -2.47. The fourth-order valence-electron chi connectivity index (χ4n) is 4.97. The number of hydrogen-bond donors (Lipinski definition) is 1. The molecule has 1 saturated carbocycles. The highest BCUT2D eigenvalue weighted by atomic mass is 16.2. The fraction of sp³-hybridized carbons (Fsp3) is 0.417. The van der Waals surface area contributed by atoms with Gasteiger partial charge in [0.15, 0.2) is 0 Å².